The molecule has 30 heavy (non-hydrogen) atoms. The van der Waals surface area contributed by atoms with E-state index in [9.17, 15) is 4.79 Å². The second-order valence-electron chi connectivity index (χ2n) is 6.47. The van der Waals surface area contributed by atoms with E-state index in [1.165, 1.54) is 0 Å². The third-order valence-corrected chi connectivity index (χ3v) is 4.30. The molecular formula is C24H20N4O2. The second kappa shape index (κ2) is 9.34. The topological polar surface area (TPSA) is 76.1 Å². The summed E-state index contributed by atoms with van der Waals surface area (Å²) in [5.74, 6) is 0.946. The fraction of sp³-hybridized carbons (Fsp3) is 0.0417. The third kappa shape index (κ3) is 4.99. The van der Waals surface area contributed by atoms with Gasteiger partial charge >= 0.3 is 0 Å². The molecule has 0 atom stereocenters. The Balaban J connectivity index is 1.40. The fourth-order valence-corrected chi connectivity index (χ4v) is 2.79. The maximum absolute atomic E-state index is 12.6. The molecule has 0 unspecified atom stereocenters. The number of carbonyl (C=O) groups is 1. The highest BCUT2D eigenvalue weighted by molar-refractivity contribution is 6.03. The molecule has 2 aromatic carbocycles. The molecule has 1 amide bonds. The Morgan fingerprint density at radius 3 is 2.40 bits per heavy atom. The SMILES string of the molecule is O=C(Nc1ccccc1Oc1ccccc1)c1ccc(NCc2ccccn2)cn1. The predicted octanol–water partition coefficient (Wildman–Crippen LogP) is 5.13. The van der Waals surface area contributed by atoms with E-state index < -0.39 is 0 Å². The maximum Gasteiger partial charge on any atom is 0.274 e. The van der Waals surface area contributed by atoms with Crippen LogP contribution in [0, 0.1) is 0 Å². The average Bonchev–Trinajstić information content (AvgIpc) is 2.81. The van der Waals surface area contributed by atoms with Gasteiger partial charge in [-0.15, -0.1) is 0 Å². The van der Waals surface area contributed by atoms with E-state index in [1.54, 1.807) is 30.6 Å². The minimum Gasteiger partial charge on any atom is -0.455 e. The summed E-state index contributed by atoms with van der Waals surface area (Å²) in [5, 5.41) is 6.10. The monoisotopic (exact) mass is 396 g/mol. The van der Waals surface area contributed by atoms with Gasteiger partial charge in [0.25, 0.3) is 5.91 Å². The van der Waals surface area contributed by atoms with Crippen LogP contribution < -0.4 is 15.4 Å². The van der Waals surface area contributed by atoms with Crippen molar-refractivity contribution < 1.29 is 9.53 Å². The third-order valence-electron chi connectivity index (χ3n) is 4.30. The molecule has 0 bridgehead atoms. The van der Waals surface area contributed by atoms with E-state index in [0.717, 1.165) is 11.4 Å². The zero-order valence-corrected chi connectivity index (χ0v) is 16.2. The van der Waals surface area contributed by atoms with Crippen LogP contribution in [0.5, 0.6) is 11.5 Å². The van der Waals surface area contributed by atoms with Crippen LogP contribution in [0.15, 0.2) is 97.3 Å². The summed E-state index contributed by atoms with van der Waals surface area (Å²) in [6.07, 6.45) is 3.38. The van der Waals surface area contributed by atoms with E-state index in [2.05, 4.69) is 20.6 Å². The van der Waals surface area contributed by atoms with Gasteiger partial charge in [-0.25, -0.2) is 4.98 Å². The molecule has 4 aromatic rings. The Kier molecular flexibility index (Phi) is 5.96. The Bertz CT molecular complexity index is 1100. The van der Waals surface area contributed by atoms with E-state index in [0.29, 0.717) is 29.4 Å². The van der Waals surface area contributed by atoms with Gasteiger partial charge in [0.15, 0.2) is 5.75 Å². The van der Waals surface area contributed by atoms with E-state index >= 15 is 0 Å². The molecule has 4 rings (SSSR count). The number of benzene rings is 2. The highest BCUT2D eigenvalue weighted by atomic mass is 16.5. The lowest BCUT2D eigenvalue weighted by Crippen LogP contribution is -2.14. The lowest BCUT2D eigenvalue weighted by Gasteiger charge is -2.12. The number of nitrogens with one attached hydrogen (secondary N) is 2. The number of carbonyl (C=O) groups excluding carboxylic acids is 1. The molecule has 2 aromatic heterocycles. The first kappa shape index (κ1) is 19.1. The Hall–Kier alpha value is -4.19. The van der Waals surface area contributed by atoms with Crippen molar-refractivity contribution in [2.24, 2.45) is 0 Å². The molecule has 0 aliphatic rings. The molecule has 2 heterocycles. The van der Waals surface area contributed by atoms with Gasteiger partial charge in [0.05, 0.1) is 29.8 Å². The molecule has 0 aliphatic carbocycles. The molecular weight excluding hydrogens is 376 g/mol. The highest BCUT2D eigenvalue weighted by Gasteiger charge is 2.11. The lowest BCUT2D eigenvalue weighted by atomic mass is 10.2. The number of para-hydroxylation sites is 3. The highest BCUT2D eigenvalue weighted by Crippen LogP contribution is 2.29. The van der Waals surface area contributed by atoms with E-state index in [4.69, 9.17) is 4.74 Å². The van der Waals surface area contributed by atoms with Crippen molar-refractivity contribution in [1.82, 2.24) is 9.97 Å². The van der Waals surface area contributed by atoms with Crippen molar-refractivity contribution in [3.05, 3.63) is 109 Å². The number of pyridine rings is 2. The molecule has 0 aliphatic heterocycles. The number of aromatic nitrogens is 2. The first-order valence-electron chi connectivity index (χ1n) is 9.51. The summed E-state index contributed by atoms with van der Waals surface area (Å²) in [4.78, 5) is 21.2. The molecule has 0 fully saturated rings. The zero-order chi connectivity index (χ0) is 20.6. The summed E-state index contributed by atoms with van der Waals surface area (Å²) in [6, 6.07) is 26.0. The maximum atomic E-state index is 12.6. The number of nitrogens with zero attached hydrogens (tertiary/aromatic N) is 2. The van der Waals surface area contributed by atoms with Crippen LogP contribution in [-0.2, 0) is 6.54 Å². The number of rotatable bonds is 7. The normalized spacial score (nSPS) is 10.3. The molecule has 6 nitrogen and oxygen atoms in total. The smallest absolute Gasteiger partial charge is 0.274 e. The lowest BCUT2D eigenvalue weighted by molar-refractivity contribution is 0.102. The van der Waals surface area contributed by atoms with Crippen LogP contribution in [0.25, 0.3) is 0 Å². The van der Waals surface area contributed by atoms with Gasteiger partial charge < -0.3 is 15.4 Å². The van der Waals surface area contributed by atoms with Gasteiger partial charge in [-0.2, -0.15) is 0 Å². The van der Waals surface area contributed by atoms with Crippen molar-refractivity contribution in [3.63, 3.8) is 0 Å². The summed E-state index contributed by atoms with van der Waals surface area (Å²) in [7, 11) is 0. The Morgan fingerprint density at radius 2 is 1.63 bits per heavy atom. The molecule has 0 spiro atoms. The van der Waals surface area contributed by atoms with E-state index in [1.807, 2.05) is 66.7 Å². The largest absolute Gasteiger partial charge is 0.455 e. The summed E-state index contributed by atoms with van der Waals surface area (Å²) in [5.41, 5.74) is 2.62. The van der Waals surface area contributed by atoms with Crippen molar-refractivity contribution in [2.75, 3.05) is 10.6 Å². The molecule has 148 valence electrons. The standard InChI is InChI=1S/C24H20N4O2/c29-24(22-14-13-19(17-27-22)26-16-18-8-6-7-15-25-18)28-21-11-4-5-12-23(21)30-20-9-2-1-3-10-20/h1-15,17,26H,16H2,(H,28,29). The molecule has 0 saturated carbocycles. The van der Waals surface area contributed by atoms with Crippen LogP contribution in [0.3, 0.4) is 0 Å². The van der Waals surface area contributed by atoms with Crippen molar-refractivity contribution >= 4 is 17.3 Å². The minimum absolute atomic E-state index is 0.310. The van der Waals surface area contributed by atoms with Gasteiger partial charge in [-0.05, 0) is 48.5 Å². The predicted molar refractivity (Wildman–Crippen MR) is 117 cm³/mol. The van der Waals surface area contributed by atoms with Crippen molar-refractivity contribution in [2.45, 2.75) is 6.54 Å². The second-order valence-corrected chi connectivity index (χ2v) is 6.47. The minimum atomic E-state index is -0.310. The number of hydrogen-bond donors (Lipinski definition) is 2. The fourth-order valence-electron chi connectivity index (χ4n) is 2.79. The van der Waals surface area contributed by atoms with Gasteiger partial charge in [0, 0.05) is 6.20 Å². The number of hydrogen-bond acceptors (Lipinski definition) is 5. The van der Waals surface area contributed by atoms with Crippen LogP contribution in [0.1, 0.15) is 16.2 Å². The summed E-state index contributed by atoms with van der Waals surface area (Å²) >= 11 is 0. The summed E-state index contributed by atoms with van der Waals surface area (Å²) in [6.45, 7) is 0.582. The quantitative estimate of drug-likeness (QED) is 0.453. The van der Waals surface area contributed by atoms with Gasteiger partial charge in [0.1, 0.15) is 11.4 Å². The van der Waals surface area contributed by atoms with Crippen molar-refractivity contribution in [3.8, 4) is 11.5 Å². The average molecular weight is 396 g/mol. The molecule has 2 N–H and O–H groups in total. The zero-order valence-electron chi connectivity index (χ0n) is 16.2. The van der Waals surface area contributed by atoms with Crippen LogP contribution in [-0.4, -0.2) is 15.9 Å². The van der Waals surface area contributed by atoms with Crippen molar-refractivity contribution in [1.29, 1.82) is 0 Å². The van der Waals surface area contributed by atoms with Crippen LogP contribution in [0.2, 0.25) is 0 Å². The molecule has 6 heteroatoms. The first-order valence-corrected chi connectivity index (χ1v) is 9.51. The number of amides is 1. The van der Waals surface area contributed by atoms with Gasteiger partial charge in [-0.1, -0.05) is 36.4 Å². The first-order chi connectivity index (χ1) is 14.8. The summed E-state index contributed by atoms with van der Waals surface area (Å²) < 4.78 is 5.89. The van der Waals surface area contributed by atoms with Crippen LogP contribution >= 0.6 is 0 Å². The molecule has 0 saturated heterocycles. The molecule has 0 radical (unpaired) electrons. The van der Waals surface area contributed by atoms with E-state index in [-0.39, 0.29) is 5.91 Å². The Morgan fingerprint density at radius 1 is 0.833 bits per heavy atom. The number of ether oxygens (including phenoxy) is 1. The van der Waals surface area contributed by atoms with Crippen LogP contribution in [0.4, 0.5) is 11.4 Å². The number of anilines is 2. The van der Waals surface area contributed by atoms with Gasteiger partial charge in [-0.3, -0.25) is 9.78 Å². The Labute approximate surface area is 174 Å². The van der Waals surface area contributed by atoms with Gasteiger partial charge in [0.2, 0.25) is 0 Å².